The van der Waals surface area contributed by atoms with Gasteiger partial charge in [0.25, 0.3) is 0 Å². The van der Waals surface area contributed by atoms with Crippen LogP contribution in [0.2, 0.25) is 0 Å². The van der Waals surface area contributed by atoms with Gasteiger partial charge in [-0.15, -0.1) is 0 Å². The van der Waals surface area contributed by atoms with Crippen LogP contribution in [0.15, 0.2) is 164 Å². The Balaban J connectivity index is 1.18. The first kappa shape index (κ1) is 42.4. The maximum Gasteiger partial charge on any atom is 0.0406 e. The van der Waals surface area contributed by atoms with Crippen molar-refractivity contribution < 1.29 is 0 Å². The minimum atomic E-state index is 0.892. The molecule has 0 N–H and O–H groups in total. The zero-order valence-electron chi connectivity index (χ0n) is 38.5. The van der Waals surface area contributed by atoms with Gasteiger partial charge in [-0.3, -0.25) is 0 Å². The lowest BCUT2D eigenvalue weighted by Crippen LogP contribution is -1.94. The number of aryl methyl sites for hydroxylation is 3. The van der Waals surface area contributed by atoms with E-state index in [0.29, 0.717) is 0 Å². The van der Waals surface area contributed by atoms with E-state index in [-0.39, 0.29) is 0 Å². The van der Waals surface area contributed by atoms with Gasteiger partial charge in [-0.1, -0.05) is 221 Å². The molecule has 0 aliphatic heterocycles. The largest absolute Gasteiger partial charge is 0.0654 e. The summed E-state index contributed by atoms with van der Waals surface area (Å²) >= 11 is 0. The highest BCUT2D eigenvalue weighted by molar-refractivity contribution is 6.10. The van der Waals surface area contributed by atoms with Crippen molar-refractivity contribution in [1.82, 2.24) is 0 Å². The van der Waals surface area contributed by atoms with E-state index >= 15 is 0 Å². The Bertz CT molecular complexity index is 3100. The van der Waals surface area contributed by atoms with E-state index < -0.39 is 0 Å². The fourth-order valence-electron chi connectivity index (χ4n) is 10.2. The van der Waals surface area contributed by atoms with Gasteiger partial charge in [0, 0.05) is 33.4 Å². The number of hydrogen-bond acceptors (Lipinski definition) is 0. The molecule has 10 aromatic rings. The molecule has 0 aliphatic carbocycles. The summed E-state index contributed by atoms with van der Waals surface area (Å²) < 4.78 is 0. The quantitative estimate of drug-likeness (QED) is 0.100. The van der Waals surface area contributed by atoms with Crippen LogP contribution < -0.4 is 0 Å². The third-order valence-electron chi connectivity index (χ3n) is 13.4. The van der Waals surface area contributed by atoms with Crippen molar-refractivity contribution in [3.05, 3.63) is 214 Å². The molecule has 66 heavy (non-hydrogen) atoms. The molecule has 0 atom stereocenters. The molecule has 0 amide bonds. The van der Waals surface area contributed by atoms with Crippen LogP contribution >= 0.6 is 0 Å². The smallest absolute Gasteiger partial charge is 0.0406 e. The second-order valence-electron chi connectivity index (χ2n) is 17.7. The molecule has 0 saturated heterocycles. The number of hydrogen-bond donors (Lipinski definition) is 0. The van der Waals surface area contributed by atoms with Crippen molar-refractivity contribution >= 4 is 64.6 Å². The van der Waals surface area contributed by atoms with Crippen LogP contribution in [-0.4, -0.2) is 0 Å². The number of benzene rings is 10. The highest BCUT2D eigenvalue weighted by Crippen LogP contribution is 2.37. The van der Waals surface area contributed by atoms with E-state index in [1.54, 1.807) is 0 Å². The molecule has 0 unspecified atom stereocenters. The Kier molecular flexibility index (Phi) is 12.4. The van der Waals surface area contributed by atoms with Crippen molar-refractivity contribution in [3.63, 3.8) is 0 Å². The minimum absolute atomic E-state index is 0.892. The summed E-state index contributed by atoms with van der Waals surface area (Å²) in [4.78, 5) is 0. The van der Waals surface area contributed by atoms with Crippen LogP contribution in [0, 0.1) is 35.5 Å². The lowest BCUT2D eigenvalue weighted by atomic mass is 9.89. The van der Waals surface area contributed by atoms with E-state index in [4.69, 9.17) is 0 Å². The fourth-order valence-corrected chi connectivity index (χ4v) is 10.2. The zero-order chi connectivity index (χ0) is 44.8. The maximum absolute atomic E-state index is 3.73. The van der Waals surface area contributed by atoms with E-state index in [0.717, 1.165) is 91.2 Å². The molecular formula is C66H54. The molecule has 0 heterocycles. The third-order valence-corrected chi connectivity index (χ3v) is 13.4. The fraction of sp³-hybridized carbons (Fsp3) is 0.182. The summed E-state index contributed by atoms with van der Waals surface area (Å²) in [5, 5.41) is 15.0. The summed E-state index contributed by atoms with van der Waals surface area (Å²) in [5.74, 6) is 22.2. The Morgan fingerprint density at radius 1 is 0.258 bits per heavy atom. The predicted octanol–water partition coefficient (Wildman–Crippen LogP) is 16.8. The molecule has 10 aromatic carbocycles. The Morgan fingerprint density at radius 2 is 0.455 bits per heavy atom. The monoisotopic (exact) mass is 846 g/mol. The SMILES string of the molecule is CCCCc1c2ccccc2c(C#Cc2cc(C#Cc3c4ccccc4c(CCCC)c4ccccc34)cc(C#Cc3c4ccccc4c(CCCC)c4ccccc34)c2)c2ccccc12. The highest BCUT2D eigenvalue weighted by Gasteiger charge is 2.15. The van der Waals surface area contributed by atoms with Crippen LogP contribution in [0.4, 0.5) is 0 Å². The van der Waals surface area contributed by atoms with E-state index in [2.05, 4.69) is 220 Å². The molecule has 0 nitrogen and oxygen atoms in total. The van der Waals surface area contributed by atoms with E-state index in [1.807, 2.05) is 0 Å². The van der Waals surface area contributed by atoms with Crippen LogP contribution in [0.3, 0.4) is 0 Å². The van der Waals surface area contributed by atoms with E-state index in [1.165, 1.54) is 81.3 Å². The van der Waals surface area contributed by atoms with Gasteiger partial charge in [0.2, 0.25) is 0 Å². The van der Waals surface area contributed by atoms with Crippen LogP contribution in [-0.2, 0) is 19.3 Å². The first-order chi connectivity index (χ1) is 32.6. The van der Waals surface area contributed by atoms with Crippen LogP contribution in [0.1, 0.15) is 109 Å². The lowest BCUT2D eigenvalue weighted by Gasteiger charge is -2.14. The molecule has 0 saturated carbocycles. The third kappa shape index (κ3) is 8.20. The molecule has 0 spiro atoms. The molecule has 0 aliphatic rings. The molecule has 0 aromatic heterocycles. The minimum Gasteiger partial charge on any atom is -0.0654 e. The van der Waals surface area contributed by atoms with Gasteiger partial charge in [0.1, 0.15) is 0 Å². The van der Waals surface area contributed by atoms with Crippen molar-refractivity contribution in [2.24, 2.45) is 0 Å². The van der Waals surface area contributed by atoms with Gasteiger partial charge in [0.15, 0.2) is 0 Å². The summed E-state index contributed by atoms with van der Waals surface area (Å²) in [6.07, 6.45) is 10.1. The van der Waals surface area contributed by atoms with Crippen molar-refractivity contribution in [2.45, 2.75) is 78.6 Å². The number of rotatable bonds is 9. The number of fused-ring (bicyclic) bond motifs is 6. The summed E-state index contributed by atoms with van der Waals surface area (Å²) in [6, 6.07) is 59.3. The van der Waals surface area contributed by atoms with Crippen molar-refractivity contribution in [3.8, 4) is 35.5 Å². The highest BCUT2D eigenvalue weighted by atomic mass is 14.2. The van der Waals surface area contributed by atoms with E-state index in [9.17, 15) is 0 Å². The van der Waals surface area contributed by atoms with Gasteiger partial charge in [-0.2, -0.15) is 0 Å². The number of unbranched alkanes of at least 4 members (excludes halogenated alkanes) is 3. The summed E-state index contributed by atoms with van der Waals surface area (Å²) in [7, 11) is 0. The standard InChI is InChI=1S/C66H54/c1-4-7-22-49-52-25-10-16-31-58(52)64(59-32-17-11-26-53(49)59)40-37-46-43-47(38-41-65-60-33-18-12-27-54(60)50(23-8-5-2)55-28-13-19-34-61(55)65)45-48(44-46)39-42-66-62-35-20-14-29-56(62)51(24-9-6-3)57-30-15-21-36-63(57)66/h10-21,25-36,43-45H,4-9,22-24H2,1-3H3. The predicted molar refractivity (Wildman–Crippen MR) is 285 cm³/mol. The first-order valence-electron chi connectivity index (χ1n) is 24.1. The normalized spacial score (nSPS) is 11.1. The van der Waals surface area contributed by atoms with Gasteiger partial charge >= 0.3 is 0 Å². The van der Waals surface area contributed by atoms with Crippen LogP contribution in [0.5, 0.6) is 0 Å². The second-order valence-corrected chi connectivity index (χ2v) is 17.7. The molecule has 0 fully saturated rings. The Labute approximate surface area is 390 Å². The summed E-state index contributed by atoms with van der Waals surface area (Å²) in [6.45, 7) is 6.81. The lowest BCUT2D eigenvalue weighted by molar-refractivity contribution is 0.802. The van der Waals surface area contributed by atoms with Crippen molar-refractivity contribution in [1.29, 1.82) is 0 Å². The van der Waals surface area contributed by atoms with Crippen LogP contribution in [0.25, 0.3) is 64.6 Å². The van der Waals surface area contributed by atoms with Gasteiger partial charge in [-0.25, -0.2) is 0 Å². The molecule has 10 rings (SSSR count). The van der Waals surface area contributed by atoms with Gasteiger partial charge in [-0.05, 0) is 138 Å². The van der Waals surface area contributed by atoms with Gasteiger partial charge in [0.05, 0.1) is 0 Å². The van der Waals surface area contributed by atoms with Crippen molar-refractivity contribution in [2.75, 3.05) is 0 Å². The zero-order valence-corrected chi connectivity index (χ0v) is 38.5. The molecule has 0 bridgehead atoms. The maximum atomic E-state index is 3.73. The Morgan fingerprint density at radius 3 is 0.652 bits per heavy atom. The second kappa shape index (κ2) is 19.3. The molecule has 0 heteroatoms. The Hall–Kier alpha value is -7.56. The average Bonchev–Trinajstić information content (AvgIpc) is 3.37. The molecule has 318 valence electrons. The van der Waals surface area contributed by atoms with Gasteiger partial charge < -0.3 is 0 Å². The topological polar surface area (TPSA) is 0 Å². The first-order valence-corrected chi connectivity index (χ1v) is 24.1. The molecular weight excluding hydrogens is 793 g/mol. The summed E-state index contributed by atoms with van der Waals surface area (Å²) in [5.41, 5.74) is 10.1. The average molecular weight is 847 g/mol. The molecule has 0 radical (unpaired) electrons.